The lowest BCUT2D eigenvalue weighted by atomic mass is 10.0. The molecule has 22 heavy (non-hydrogen) atoms. The number of hydrogen-bond donors (Lipinski definition) is 1. The number of ether oxygens (including phenoxy) is 2. The van der Waals surface area contributed by atoms with Crippen LogP contribution in [-0.2, 0) is 11.3 Å². The number of rotatable bonds is 6. The topological polar surface area (TPSA) is 50.8 Å². The van der Waals surface area contributed by atoms with Crippen molar-refractivity contribution in [1.82, 2.24) is 10.2 Å². The highest BCUT2D eigenvalue weighted by molar-refractivity contribution is 5.85. The van der Waals surface area contributed by atoms with Crippen LogP contribution >= 0.6 is 0 Å². The summed E-state index contributed by atoms with van der Waals surface area (Å²) < 4.78 is 25.1. The maximum Gasteiger partial charge on any atom is 0.261 e. The van der Waals surface area contributed by atoms with Gasteiger partial charge in [-0.1, -0.05) is 6.07 Å². The van der Waals surface area contributed by atoms with Crippen molar-refractivity contribution >= 4 is 5.91 Å². The monoisotopic (exact) mass is 310 g/mol. The number of halogens is 1. The Bertz CT molecular complexity index is 530. The molecule has 0 aliphatic carbocycles. The van der Waals surface area contributed by atoms with E-state index in [1.807, 2.05) is 19.1 Å². The summed E-state index contributed by atoms with van der Waals surface area (Å²) in [7, 11) is 3.13. The van der Waals surface area contributed by atoms with Crippen molar-refractivity contribution in [3.8, 4) is 11.5 Å². The van der Waals surface area contributed by atoms with Gasteiger partial charge in [0, 0.05) is 26.1 Å². The van der Waals surface area contributed by atoms with Crippen LogP contribution in [0.25, 0.3) is 0 Å². The highest BCUT2D eigenvalue weighted by atomic mass is 19.1. The standard InChI is InChI=1S/C16H23FN2O3/c1-4-19(15(20)16(17)7-8-18-11-16)10-12-5-6-13(21-2)14(9-12)22-3/h5-6,9,18H,4,7-8,10-11H2,1-3H3/t16-/m1/s1. The van der Waals surface area contributed by atoms with Crippen molar-refractivity contribution in [2.45, 2.75) is 25.6 Å². The molecule has 0 saturated carbocycles. The van der Waals surface area contributed by atoms with Crippen LogP contribution in [0.15, 0.2) is 18.2 Å². The van der Waals surface area contributed by atoms with Crippen molar-refractivity contribution in [2.75, 3.05) is 33.9 Å². The van der Waals surface area contributed by atoms with E-state index in [2.05, 4.69) is 5.32 Å². The molecule has 1 fully saturated rings. The fourth-order valence-corrected chi connectivity index (χ4v) is 2.65. The molecule has 0 radical (unpaired) electrons. The summed E-state index contributed by atoms with van der Waals surface area (Å²) in [4.78, 5) is 14.0. The van der Waals surface area contributed by atoms with Crippen molar-refractivity contribution in [3.63, 3.8) is 0 Å². The predicted octanol–water partition coefficient (Wildman–Crippen LogP) is 1.75. The average Bonchev–Trinajstić information content (AvgIpc) is 2.99. The highest BCUT2D eigenvalue weighted by Gasteiger charge is 2.43. The van der Waals surface area contributed by atoms with Gasteiger partial charge >= 0.3 is 0 Å². The fraction of sp³-hybridized carbons (Fsp3) is 0.562. The van der Waals surface area contributed by atoms with Crippen molar-refractivity contribution in [2.24, 2.45) is 0 Å². The van der Waals surface area contributed by atoms with Crippen LogP contribution in [0.4, 0.5) is 4.39 Å². The molecule has 6 heteroatoms. The maximum absolute atomic E-state index is 14.6. The lowest BCUT2D eigenvalue weighted by molar-refractivity contribution is -0.143. The number of methoxy groups -OCH3 is 2. The number of benzene rings is 1. The smallest absolute Gasteiger partial charge is 0.261 e. The van der Waals surface area contributed by atoms with E-state index < -0.39 is 11.6 Å². The first kappa shape index (κ1) is 16.5. The Morgan fingerprint density at radius 3 is 2.64 bits per heavy atom. The molecule has 1 aliphatic rings. The number of carbonyl (C=O) groups excluding carboxylic acids is 1. The van der Waals surface area contributed by atoms with Gasteiger partial charge in [0.2, 0.25) is 5.67 Å². The van der Waals surface area contributed by atoms with Gasteiger partial charge in [0.25, 0.3) is 5.91 Å². The molecule has 1 aromatic carbocycles. The Labute approximate surface area is 130 Å². The first-order valence-electron chi connectivity index (χ1n) is 7.44. The average molecular weight is 310 g/mol. The molecule has 1 heterocycles. The van der Waals surface area contributed by atoms with Crippen LogP contribution in [0.1, 0.15) is 18.9 Å². The van der Waals surface area contributed by atoms with Crippen LogP contribution in [0.2, 0.25) is 0 Å². The van der Waals surface area contributed by atoms with Gasteiger partial charge in [-0.3, -0.25) is 4.79 Å². The van der Waals surface area contributed by atoms with Gasteiger partial charge in [-0.15, -0.1) is 0 Å². The Kier molecular flexibility index (Phi) is 5.24. The van der Waals surface area contributed by atoms with Gasteiger partial charge in [-0.2, -0.15) is 0 Å². The number of alkyl halides is 1. The van der Waals surface area contributed by atoms with E-state index in [1.165, 1.54) is 4.90 Å². The largest absolute Gasteiger partial charge is 0.493 e. The molecule has 1 aliphatic heterocycles. The lowest BCUT2D eigenvalue weighted by Gasteiger charge is -2.28. The second kappa shape index (κ2) is 6.96. The van der Waals surface area contributed by atoms with E-state index in [1.54, 1.807) is 20.3 Å². The molecule has 5 nitrogen and oxygen atoms in total. The third-order valence-electron chi connectivity index (χ3n) is 3.98. The van der Waals surface area contributed by atoms with Crippen LogP contribution in [0, 0.1) is 0 Å². The Morgan fingerprint density at radius 1 is 1.36 bits per heavy atom. The minimum Gasteiger partial charge on any atom is -0.493 e. The van der Waals surface area contributed by atoms with Gasteiger partial charge < -0.3 is 19.7 Å². The van der Waals surface area contributed by atoms with E-state index in [0.717, 1.165) is 5.56 Å². The van der Waals surface area contributed by atoms with Gasteiger partial charge in [-0.05, 0) is 31.2 Å². The maximum atomic E-state index is 14.6. The minimum absolute atomic E-state index is 0.0915. The van der Waals surface area contributed by atoms with Gasteiger partial charge in [0.05, 0.1) is 14.2 Å². The molecule has 0 aromatic heterocycles. The first-order valence-corrected chi connectivity index (χ1v) is 7.44. The summed E-state index contributed by atoms with van der Waals surface area (Å²) in [5.41, 5.74) is -0.908. The highest BCUT2D eigenvalue weighted by Crippen LogP contribution is 2.29. The summed E-state index contributed by atoms with van der Waals surface area (Å²) in [5.74, 6) is 0.776. The Hall–Kier alpha value is -1.82. The van der Waals surface area contributed by atoms with Crippen molar-refractivity contribution in [3.05, 3.63) is 23.8 Å². The summed E-state index contributed by atoms with van der Waals surface area (Å²) in [6, 6.07) is 5.45. The molecule has 122 valence electrons. The summed E-state index contributed by atoms with van der Waals surface area (Å²) >= 11 is 0. The zero-order chi connectivity index (χ0) is 16.2. The molecule has 2 rings (SSSR count). The summed E-state index contributed by atoms with van der Waals surface area (Å²) in [5, 5.41) is 2.91. The van der Waals surface area contributed by atoms with Crippen LogP contribution < -0.4 is 14.8 Å². The molecule has 1 amide bonds. The second-order valence-electron chi connectivity index (χ2n) is 5.40. The van der Waals surface area contributed by atoms with Crippen LogP contribution in [0.3, 0.4) is 0 Å². The third kappa shape index (κ3) is 3.32. The number of carbonyl (C=O) groups is 1. The Morgan fingerprint density at radius 2 is 2.09 bits per heavy atom. The predicted molar refractivity (Wildman–Crippen MR) is 82.0 cm³/mol. The first-order chi connectivity index (χ1) is 10.5. The van der Waals surface area contributed by atoms with Gasteiger partial charge in [0.1, 0.15) is 0 Å². The molecule has 1 saturated heterocycles. The van der Waals surface area contributed by atoms with Gasteiger partial charge in [-0.25, -0.2) is 4.39 Å². The molecule has 1 atom stereocenters. The van der Waals surface area contributed by atoms with E-state index >= 15 is 0 Å². The second-order valence-corrected chi connectivity index (χ2v) is 5.40. The van der Waals surface area contributed by atoms with Gasteiger partial charge in [0.15, 0.2) is 11.5 Å². The normalized spacial score (nSPS) is 20.7. The number of nitrogens with one attached hydrogen (secondary N) is 1. The van der Waals surface area contributed by atoms with E-state index in [-0.39, 0.29) is 13.0 Å². The molecule has 0 unspecified atom stereocenters. The fourth-order valence-electron chi connectivity index (χ4n) is 2.65. The van der Waals surface area contributed by atoms with Crippen molar-refractivity contribution in [1.29, 1.82) is 0 Å². The quantitative estimate of drug-likeness (QED) is 0.870. The molecule has 1 aromatic rings. The van der Waals surface area contributed by atoms with Crippen LogP contribution in [-0.4, -0.2) is 50.3 Å². The van der Waals surface area contributed by atoms with E-state index in [0.29, 0.717) is 31.1 Å². The summed E-state index contributed by atoms with van der Waals surface area (Å²) in [6.45, 7) is 3.29. The van der Waals surface area contributed by atoms with Crippen LogP contribution in [0.5, 0.6) is 11.5 Å². The van der Waals surface area contributed by atoms with Crippen molar-refractivity contribution < 1.29 is 18.7 Å². The molecule has 1 N–H and O–H groups in total. The molecular weight excluding hydrogens is 287 g/mol. The third-order valence-corrected chi connectivity index (χ3v) is 3.98. The van der Waals surface area contributed by atoms with E-state index in [4.69, 9.17) is 9.47 Å². The Balaban J connectivity index is 2.14. The van der Waals surface area contributed by atoms with E-state index in [9.17, 15) is 9.18 Å². The number of hydrogen-bond acceptors (Lipinski definition) is 4. The zero-order valence-electron chi connectivity index (χ0n) is 13.3. The minimum atomic E-state index is -1.79. The lowest BCUT2D eigenvalue weighted by Crippen LogP contribution is -2.47. The molecule has 0 bridgehead atoms. The molecular formula is C16H23FN2O3. The zero-order valence-corrected chi connectivity index (χ0v) is 13.3. The summed E-state index contributed by atoms with van der Waals surface area (Å²) in [6.07, 6.45) is 0.230. The number of amides is 1. The number of nitrogens with zero attached hydrogens (tertiary/aromatic N) is 1. The molecule has 0 spiro atoms. The SMILES string of the molecule is CCN(Cc1ccc(OC)c(OC)c1)C(=O)[C@@]1(F)CCNC1.